The van der Waals surface area contributed by atoms with Crippen molar-refractivity contribution in [1.82, 2.24) is 10.3 Å². The summed E-state index contributed by atoms with van der Waals surface area (Å²) in [5, 5.41) is 11.3. The Kier molecular flexibility index (Phi) is 5.09. The van der Waals surface area contributed by atoms with E-state index in [4.69, 9.17) is 5.11 Å². The van der Waals surface area contributed by atoms with Crippen LogP contribution in [-0.4, -0.2) is 35.1 Å². The van der Waals surface area contributed by atoms with Crippen molar-refractivity contribution in [2.24, 2.45) is 0 Å². The number of esters is 1. The van der Waals surface area contributed by atoms with Gasteiger partial charge < -0.3 is 15.2 Å². The minimum atomic E-state index is -0.489. The molecular weight excluding hydrogens is 224 g/mol. The molecule has 1 aromatic rings. The maximum Gasteiger partial charge on any atom is 0.325 e. The van der Waals surface area contributed by atoms with Gasteiger partial charge in [-0.1, -0.05) is 0 Å². The predicted molar refractivity (Wildman–Crippen MR) is 59.1 cm³/mol. The first kappa shape index (κ1) is 13.1. The Morgan fingerprint density at radius 1 is 1.53 bits per heavy atom. The predicted octanol–water partition coefficient (Wildman–Crippen LogP) is -0.133. The first-order valence-corrected chi connectivity index (χ1v) is 5.17. The third kappa shape index (κ3) is 4.20. The molecule has 0 aliphatic rings. The fraction of sp³-hybridized carbons (Fsp3) is 0.364. The Bertz CT molecular complexity index is 406. The van der Waals surface area contributed by atoms with Crippen LogP contribution in [-0.2, 0) is 16.1 Å². The Labute approximate surface area is 98.6 Å². The van der Waals surface area contributed by atoms with Crippen LogP contribution >= 0.6 is 0 Å². The molecule has 1 heterocycles. The van der Waals surface area contributed by atoms with E-state index >= 15 is 0 Å². The van der Waals surface area contributed by atoms with Crippen molar-refractivity contribution < 1.29 is 19.4 Å². The van der Waals surface area contributed by atoms with E-state index in [0.29, 0.717) is 11.3 Å². The smallest absolute Gasteiger partial charge is 0.325 e. The van der Waals surface area contributed by atoms with Gasteiger partial charge in [0.25, 0.3) is 5.91 Å². The van der Waals surface area contributed by atoms with Gasteiger partial charge >= 0.3 is 5.97 Å². The minimum absolute atomic E-state index is 0.177. The van der Waals surface area contributed by atoms with E-state index in [0.717, 1.165) is 0 Å². The lowest BCUT2D eigenvalue weighted by molar-refractivity contribution is -0.141. The van der Waals surface area contributed by atoms with Gasteiger partial charge in [-0.3, -0.25) is 14.6 Å². The van der Waals surface area contributed by atoms with Crippen molar-refractivity contribution in [3.63, 3.8) is 0 Å². The first-order valence-electron chi connectivity index (χ1n) is 5.17. The van der Waals surface area contributed by atoms with E-state index in [1.807, 2.05) is 0 Å². The van der Waals surface area contributed by atoms with Gasteiger partial charge in [-0.25, -0.2) is 0 Å². The van der Waals surface area contributed by atoms with Gasteiger partial charge in [-0.15, -0.1) is 0 Å². The number of aromatic nitrogens is 1. The summed E-state index contributed by atoms with van der Waals surface area (Å²) in [7, 11) is 0. The van der Waals surface area contributed by atoms with E-state index in [9.17, 15) is 9.59 Å². The summed E-state index contributed by atoms with van der Waals surface area (Å²) >= 11 is 0. The summed E-state index contributed by atoms with van der Waals surface area (Å²) < 4.78 is 4.67. The molecule has 0 aromatic carbocycles. The highest BCUT2D eigenvalue weighted by molar-refractivity contribution is 5.95. The van der Waals surface area contributed by atoms with E-state index < -0.39 is 11.9 Å². The van der Waals surface area contributed by atoms with Gasteiger partial charge in [0.15, 0.2) is 0 Å². The van der Waals surface area contributed by atoms with Gasteiger partial charge in [0, 0.05) is 11.8 Å². The molecule has 0 unspecified atom stereocenters. The molecule has 1 amide bonds. The second kappa shape index (κ2) is 6.59. The number of aliphatic hydroxyl groups is 1. The fourth-order valence-electron chi connectivity index (χ4n) is 1.17. The molecule has 0 bridgehead atoms. The molecule has 17 heavy (non-hydrogen) atoms. The lowest BCUT2D eigenvalue weighted by atomic mass is 10.2. The summed E-state index contributed by atoms with van der Waals surface area (Å²) in [4.78, 5) is 26.4. The number of carbonyl (C=O) groups is 2. The highest BCUT2D eigenvalue weighted by Gasteiger charge is 2.09. The van der Waals surface area contributed by atoms with E-state index in [-0.39, 0.29) is 19.8 Å². The molecule has 0 atom stereocenters. The normalized spacial score (nSPS) is 9.76. The van der Waals surface area contributed by atoms with Crippen molar-refractivity contribution in [2.75, 3.05) is 13.2 Å². The topological polar surface area (TPSA) is 88.5 Å². The Balaban J connectivity index is 2.54. The third-order valence-corrected chi connectivity index (χ3v) is 1.94. The fourth-order valence-corrected chi connectivity index (χ4v) is 1.17. The number of carbonyl (C=O) groups excluding carboxylic acids is 2. The van der Waals surface area contributed by atoms with Crippen LogP contribution in [0.5, 0.6) is 0 Å². The summed E-state index contributed by atoms with van der Waals surface area (Å²) in [6.07, 6.45) is 1.42. The van der Waals surface area contributed by atoms with E-state index in [1.165, 1.54) is 18.3 Å². The highest BCUT2D eigenvalue weighted by atomic mass is 16.5. The molecule has 6 heteroatoms. The van der Waals surface area contributed by atoms with Crippen molar-refractivity contribution in [3.8, 4) is 0 Å². The second-order valence-electron chi connectivity index (χ2n) is 3.18. The number of hydrogen-bond acceptors (Lipinski definition) is 5. The summed E-state index contributed by atoms with van der Waals surface area (Å²) in [6.45, 7) is 1.55. The average molecular weight is 238 g/mol. The van der Waals surface area contributed by atoms with Crippen LogP contribution < -0.4 is 5.32 Å². The van der Waals surface area contributed by atoms with Crippen LogP contribution in [0.2, 0.25) is 0 Å². The number of ether oxygens (including phenoxy) is 1. The van der Waals surface area contributed by atoms with Gasteiger partial charge in [0.2, 0.25) is 0 Å². The quantitative estimate of drug-likeness (QED) is 0.697. The van der Waals surface area contributed by atoms with Crippen molar-refractivity contribution in [3.05, 3.63) is 29.6 Å². The Hall–Kier alpha value is -1.95. The van der Waals surface area contributed by atoms with Crippen LogP contribution in [0.4, 0.5) is 0 Å². The minimum Gasteiger partial charge on any atom is -0.465 e. The van der Waals surface area contributed by atoms with Crippen LogP contribution in [0.15, 0.2) is 18.3 Å². The number of pyridine rings is 1. The molecule has 1 rings (SSSR count). The highest BCUT2D eigenvalue weighted by Crippen LogP contribution is 2.01. The van der Waals surface area contributed by atoms with Crippen LogP contribution in [0, 0.1) is 0 Å². The number of hydrogen-bond donors (Lipinski definition) is 2. The lowest BCUT2D eigenvalue weighted by Crippen LogP contribution is -2.30. The molecule has 0 saturated heterocycles. The Morgan fingerprint density at radius 2 is 2.29 bits per heavy atom. The third-order valence-electron chi connectivity index (χ3n) is 1.94. The molecule has 0 aliphatic heterocycles. The monoisotopic (exact) mass is 238 g/mol. The van der Waals surface area contributed by atoms with Crippen LogP contribution in [0.25, 0.3) is 0 Å². The number of rotatable bonds is 5. The molecule has 0 radical (unpaired) electrons. The van der Waals surface area contributed by atoms with Gasteiger partial charge in [-0.2, -0.15) is 0 Å². The van der Waals surface area contributed by atoms with Crippen LogP contribution in [0.3, 0.4) is 0 Å². The summed E-state index contributed by atoms with van der Waals surface area (Å²) in [6, 6.07) is 2.96. The molecule has 0 saturated carbocycles. The zero-order valence-corrected chi connectivity index (χ0v) is 9.47. The second-order valence-corrected chi connectivity index (χ2v) is 3.18. The standard InChI is InChI=1S/C11H14N2O4/c1-2-17-10(15)6-13-11(16)8-3-4-12-9(5-8)7-14/h3-5,14H,2,6-7H2,1H3,(H,13,16). The van der Waals surface area contributed by atoms with Crippen molar-refractivity contribution in [1.29, 1.82) is 0 Å². The maximum atomic E-state index is 11.6. The zero-order chi connectivity index (χ0) is 12.7. The maximum absolute atomic E-state index is 11.6. The number of aliphatic hydroxyl groups excluding tert-OH is 1. The average Bonchev–Trinajstić information content (AvgIpc) is 2.36. The lowest BCUT2D eigenvalue weighted by Gasteiger charge is -2.05. The van der Waals surface area contributed by atoms with Gasteiger partial charge in [0.05, 0.1) is 18.9 Å². The molecular formula is C11H14N2O4. The van der Waals surface area contributed by atoms with Crippen molar-refractivity contribution >= 4 is 11.9 Å². The zero-order valence-electron chi connectivity index (χ0n) is 9.47. The number of nitrogens with zero attached hydrogens (tertiary/aromatic N) is 1. The first-order chi connectivity index (χ1) is 8.17. The summed E-state index contributed by atoms with van der Waals surface area (Å²) in [5.74, 6) is -0.896. The van der Waals surface area contributed by atoms with E-state index in [1.54, 1.807) is 6.92 Å². The molecule has 0 spiro atoms. The number of amides is 1. The molecule has 1 aromatic heterocycles. The van der Waals surface area contributed by atoms with Crippen molar-refractivity contribution in [2.45, 2.75) is 13.5 Å². The molecule has 0 fully saturated rings. The molecule has 6 nitrogen and oxygen atoms in total. The number of nitrogens with one attached hydrogen (secondary N) is 1. The van der Waals surface area contributed by atoms with Gasteiger partial charge in [0.1, 0.15) is 6.54 Å². The molecule has 92 valence electrons. The van der Waals surface area contributed by atoms with Crippen LogP contribution in [0.1, 0.15) is 23.0 Å². The largest absolute Gasteiger partial charge is 0.465 e. The SMILES string of the molecule is CCOC(=O)CNC(=O)c1ccnc(CO)c1. The molecule has 2 N–H and O–H groups in total. The van der Waals surface area contributed by atoms with E-state index in [2.05, 4.69) is 15.0 Å². The molecule has 0 aliphatic carbocycles. The summed E-state index contributed by atoms with van der Waals surface area (Å²) in [5.41, 5.74) is 0.738. The van der Waals surface area contributed by atoms with Gasteiger partial charge in [-0.05, 0) is 19.1 Å². The Morgan fingerprint density at radius 3 is 2.94 bits per heavy atom.